The molecule has 5 nitrogen and oxygen atoms in total. The van der Waals surface area contributed by atoms with Crippen LogP contribution in [0.15, 0.2) is 18.2 Å². The van der Waals surface area contributed by atoms with Crippen molar-refractivity contribution in [3.63, 3.8) is 0 Å². The highest BCUT2D eigenvalue weighted by Gasteiger charge is 2.19. The van der Waals surface area contributed by atoms with Crippen molar-refractivity contribution in [2.45, 2.75) is 38.5 Å². The van der Waals surface area contributed by atoms with Gasteiger partial charge in [-0.3, -0.25) is 9.59 Å². The van der Waals surface area contributed by atoms with Crippen LogP contribution in [0.5, 0.6) is 0 Å². The number of rotatable bonds is 5. The summed E-state index contributed by atoms with van der Waals surface area (Å²) in [5, 5.41) is 3.37. The van der Waals surface area contributed by atoms with Gasteiger partial charge >= 0.3 is 0 Å². The molecule has 0 bridgehead atoms. The van der Waals surface area contributed by atoms with Crippen molar-refractivity contribution in [3.05, 3.63) is 28.8 Å². The predicted molar refractivity (Wildman–Crippen MR) is 100 cm³/mol. The van der Waals surface area contributed by atoms with Gasteiger partial charge in [0.25, 0.3) is 5.91 Å². The van der Waals surface area contributed by atoms with Gasteiger partial charge in [0.05, 0.1) is 10.6 Å². The third-order valence-electron chi connectivity index (χ3n) is 5.00. The summed E-state index contributed by atoms with van der Waals surface area (Å²) >= 11 is 6.24. The standard InChI is InChI=1S/C19H26ClN3O2/c20-17-8-7-15(22-10-3-1-4-11-22)14-16(17)19(25)21-9-13-23-12-5-2-6-18(23)24/h7-8,14H,1-6,9-13H2,(H,21,25). The summed E-state index contributed by atoms with van der Waals surface area (Å²) in [5.41, 5.74) is 1.56. The minimum absolute atomic E-state index is 0.173. The summed E-state index contributed by atoms with van der Waals surface area (Å²) in [6.07, 6.45) is 6.29. The number of carbonyl (C=O) groups excluding carboxylic acids is 2. The average Bonchev–Trinajstić information content (AvgIpc) is 2.64. The quantitative estimate of drug-likeness (QED) is 0.874. The molecule has 2 aliphatic heterocycles. The molecule has 2 aliphatic rings. The summed E-state index contributed by atoms with van der Waals surface area (Å²) in [5.74, 6) is 0.0129. The van der Waals surface area contributed by atoms with E-state index in [4.69, 9.17) is 11.6 Å². The van der Waals surface area contributed by atoms with E-state index in [1.54, 1.807) is 6.07 Å². The summed E-state index contributed by atoms with van der Waals surface area (Å²) in [4.78, 5) is 28.4. The number of likely N-dealkylation sites (tertiary alicyclic amines) is 1. The van der Waals surface area contributed by atoms with Gasteiger partial charge in [0.15, 0.2) is 0 Å². The first kappa shape index (κ1) is 18.1. The number of benzene rings is 1. The Morgan fingerprint density at radius 3 is 2.60 bits per heavy atom. The molecule has 25 heavy (non-hydrogen) atoms. The molecule has 0 radical (unpaired) electrons. The predicted octanol–water partition coefficient (Wildman–Crippen LogP) is 3.07. The van der Waals surface area contributed by atoms with Crippen molar-refractivity contribution >= 4 is 29.1 Å². The molecule has 1 aromatic carbocycles. The van der Waals surface area contributed by atoms with E-state index in [0.717, 1.165) is 38.2 Å². The zero-order valence-electron chi connectivity index (χ0n) is 14.6. The van der Waals surface area contributed by atoms with Crippen LogP contribution in [0.3, 0.4) is 0 Å². The number of nitrogens with zero attached hydrogens (tertiary/aromatic N) is 2. The Balaban J connectivity index is 1.58. The Morgan fingerprint density at radius 2 is 1.84 bits per heavy atom. The van der Waals surface area contributed by atoms with E-state index in [-0.39, 0.29) is 11.8 Å². The Kier molecular flexibility index (Phi) is 6.19. The normalized spacial score (nSPS) is 18.4. The van der Waals surface area contributed by atoms with E-state index in [9.17, 15) is 9.59 Å². The van der Waals surface area contributed by atoms with Crippen molar-refractivity contribution in [2.24, 2.45) is 0 Å². The van der Waals surface area contributed by atoms with Crippen LogP contribution in [-0.4, -0.2) is 49.4 Å². The zero-order chi connectivity index (χ0) is 17.6. The number of halogens is 1. The third kappa shape index (κ3) is 4.66. The number of hydrogen-bond donors (Lipinski definition) is 1. The molecule has 1 N–H and O–H groups in total. The van der Waals surface area contributed by atoms with Crippen LogP contribution < -0.4 is 10.2 Å². The van der Waals surface area contributed by atoms with Crippen LogP contribution in [0.4, 0.5) is 5.69 Å². The highest BCUT2D eigenvalue weighted by molar-refractivity contribution is 6.34. The van der Waals surface area contributed by atoms with Crippen molar-refractivity contribution in [3.8, 4) is 0 Å². The second-order valence-corrected chi connectivity index (χ2v) is 7.21. The number of piperidine rings is 2. The van der Waals surface area contributed by atoms with Gasteiger partial charge < -0.3 is 15.1 Å². The number of anilines is 1. The lowest BCUT2D eigenvalue weighted by Gasteiger charge is -2.29. The molecule has 136 valence electrons. The molecular formula is C19H26ClN3O2. The highest BCUT2D eigenvalue weighted by Crippen LogP contribution is 2.25. The van der Waals surface area contributed by atoms with Crippen molar-refractivity contribution in [1.29, 1.82) is 0 Å². The molecule has 0 spiro atoms. The Hall–Kier alpha value is -1.75. The van der Waals surface area contributed by atoms with E-state index in [2.05, 4.69) is 10.2 Å². The lowest BCUT2D eigenvalue weighted by Crippen LogP contribution is -2.41. The van der Waals surface area contributed by atoms with Crippen LogP contribution in [0.2, 0.25) is 5.02 Å². The van der Waals surface area contributed by atoms with Crippen LogP contribution in [0.25, 0.3) is 0 Å². The first-order valence-electron chi connectivity index (χ1n) is 9.25. The molecule has 2 saturated heterocycles. The van der Waals surface area contributed by atoms with E-state index in [1.807, 2.05) is 17.0 Å². The van der Waals surface area contributed by atoms with E-state index >= 15 is 0 Å². The van der Waals surface area contributed by atoms with E-state index in [1.165, 1.54) is 19.3 Å². The molecule has 6 heteroatoms. The number of hydrogen-bond acceptors (Lipinski definition) is 3. The molecule has 3 rings (SSSR count). The molecule has 0 unspecified atom stereocenters. The summed E-state index contributed by atoms with van der Waals surface area (Å²) in [6, 6.07) is 5.67. The Bertz CT molecular complexity index is 629. The van der Waals surface area contributed by atoms with Crippen LogP contribution in [-0.2, 0) is 4.79 Å². The molecule has 1 aromatic rings. The number of nitrogens with one attached hydrogen (secondary N) is 1. The van der Waals surface area contributed by atoms with Crippen LogP contribution >= 0.6 is 11.6 Å². The molecule has 0 atom stereocenters. The van der Waals surface area contributed by atoms with Gasteiger partial charge in [0.1, 0.15) is 0 Å². The van der Waals surface area contributed by atoms with Gasteiger partial charge in [-0.05, 0) is 50.3 Å². The lowest BCUT2D eigenvalue weighted by atomic mass is 10.1. The maximum atomic E-state index is 12.5. The summed E-state index contributed by atoms with van der Waals surface area (Å²) in [7, 11) is 0. The van der Waals surface area contributed by atoms with Crippen molar-refractivity contribution < 1.29 is 9.59 Å². The largest absolute Gasteiger partial charge is 0.372 e. The molecule has 2 fully saturated rings. The minimum atomic E-state index is -0.173. The molecule has 2 heterocycles. The highest BCUT2D eigenvalue weighted by atomic mass is 35.5. The maximum absolute atomic E-state index is 12.5. The first-order chi connectivity index (χ1) is 12.1. The molecule has 0 aliphatic carbocycles. The molecule has 0 aromatic heterocycles. The zero-order valence-corrected chi connectivity index (χ0v) is 15.4. The topological polar surface area (TPSA) is 52.7 Å². The number of amides is 2. The van der Waals surface area contributed by atoms with Gasteiger partial charge in [-0.25, -0.2) is 0 Å². The summed E-state index contributed by atoms with van der Waals surface area (Å²) in [6.45, 7) is 3.86. The van der Waals surface area contributed by atoms with Gasteiger partial charge in [-0.1, -0.05) is 11.6 Å². The molecule has 0 saturated carbocycles. The van der Waals surface area contributed by atoms with Crippen LogP contribution in [0.1, 0.15) is 48.9 Å². The maximum Gasteiger partial charge on any atom is 0.252 e. The van der Waals surface area contributed by atoms with Gasteiger partial charge in [-0.2, -0.15) is 0 Å². The fraction of sp³-hybridized carbons (Fsp3) is 0.579. The summed E-state index contributed by atoms with van der Waals surface area (Å²) < 4.78 is 0. The average molecular weight is 364 g/mol. The van der Waals surface area contributed by atoms with Gasteiger partial charge in [0, 0.05) is 44.8 Å². The van der Waals surface area contributed by atoms with Gasteiger partial charge in [0.2, 0.25) is 5.91 Å². The van der Waals surface area contributed by atoms with Gasteiger partial charge in [-0.15, -0.1) is 0 Å². The first-order valence-corrected chi connectivity index (χ1v) is 9.63. The second-order valence-electron chi connectivity index (χ2n) is 6.81. The molecule has 2 amide bonds. The van der Waals surface area contributed by atoms with Crippen molar-refractivity contribution in [1.82, 2.24) is 10.2 Å². The fourth-order valence-electron chi connectivity index (χ4n) is 3.53. The number of carbonyl (C=O) groups is 2. The Morgan fingerprint density at radius 1 is 1.08 bits per heavy atom. The Labute approximate surface area is 154 Å². The SMILES string of the molecule is O=C(NCCN1CCCCC1=O)c1cc(N2CCCCC2)ccc1Cl. The second kappa shape index (κ2) is 8.56. The lowest BCUT2D eigenvalue weighted by molar-refractivity contribution is -0.133. The monoisotopic (exact) mass is 363 g/mol. The van der Waals surface area contributed by atoms with Crippen LogP contribution in [0, 0.1) is 0 Å². The molecular weight excluding hydrogens is 338 g/mol. The smallest absolute Gasteiger partial charge is 0.252 e. The van der Waals surface area contributed by atoms with E-state index in [0.29, 0.717) is 30.1 Å². The van der Waals surface area contributed by atoms with Crippen molar-refractivity contribution in [2.75, 3.05) is 37.6 Å². The van der Waals surface area contributed by atoms with E-state index < -0.39 is 0 Å². The fourth-order valence-corrected chi connectivity index (χ4v) is 3.74. The third-order valence-corrected chi connectivity index (χ3v) is 5.33. The minimum Gasteiger partial charge on any atom is -0.372 e.